The van der Waals surface area contributed by atoms with Crippen molar-refractivity contribution < 1.29 is 14.3 Å². The van der Waals surface area contributed by atoms with Crippen molar-refractivity contribution in [2.24, 2.45) is 0 Å². The van der Waals surface area contributed by atoms with E-state index in [1.807, 2.05) is 31.2 Å². The predicted molar refractivity (Wildman–Crippen MR) is 79.6 cm³/mol. The van der Waals surface area contributed by atoms with E-state index >= 15 is 0 Å². The Balaban J connectivity index is 1.98. The molecular formula is C17H17NO3. The molecule has 0 unspecified atom stereocenters. The fourth-order valence-electron chi connectivity index (χ4n) is 1.85. The Kier molecular flexibility index (Phi) is 5.19. The minimum Gasteiger partial charge on any atom is -0.459 e. The highest BCUT2D eigenvalue weighted by Gasteiger charge is 2.11. The average molecular weight is 283 g/mol. The number of hydrogen-bond donors (Lipinski definition) is 2. The molecule has 0 aliphatic carbocycles. The van der Waals surface area contributed by atoms with Gasteiger partial charge in [-0.3, -0.25) is 4.79 Å². The summed E-state index contributed by atoms with van der Waals surface area (Å²) in [5.74, 6) is 5.95. The molecular weight excluding hydrogens is 266 g/mol. The second kappa shape index (κ2) is 7.32. The van der Waals surface area contributed by atoms with Gasteiger partial charge < -0.3 is 14.8 Å². The van der Waals surface area contributed by atoms with Crippen molar-refractivity contribution in [1.82, 2.24) is 5.32 Å². The van der Waals surface area contributed by atoms with Gasteiger partial charge in [-0.2, -0.15) is 0 Å². The first kappa shape index (κ1) is 14.9. The number of rotatable bonds is 4. The molecule has 4 heteroatoms. The van der Waals surface area contributed by atoms with Gasteiger partial charge in [0.25, 0.3) is 5.91 Å². The van der Waals surface area contributed by atoms with Gasteiger partial charge in [0.15, 0.2) is 5.76 Å². The molecule has 1 aromatic carbocycles. The number of furan rings is 1. The smallest absolute Gasteiger partial charge is 0.287 e. The van der Waals surface area contributed by atoms with Crippen LogP contribution in [0.4, 0.5) is 0 Å². The van der Waals surface area contributed by atoms with Crippen LogP contribution in [0.25, 0.3) is 0 Å². The number of carbonyl (C=O) groups excluding carboxylic acids is 1. The molecule has 1 aromatic heterocycles. The molecule has 0 aliphatic rings. The zero-order valence-electron chi connectivity index (χ0n) is 11.8. The van der Waals surface area contributed by atoms with E-state index in [4.69, 9.17) is 9.52 Å². The Morgan fingerprint density at radius 2 is 2.24 bits per heavy atom. The summed E-state index contributed by atoms with van der Waals surface area (Å²) in [6.45, 7) is 2.30. The third-order valence-corrected chi connectivity index (χ3v) is 2.92. The fourth-order valence-corrected chi connectivity index (χ4v) is 1.85. The summed E-state index contributed by atoms with van der Waals surface area (Å²) in [5.41, 5.74) is 2.64. The first-order chi connectivity index (χ1) is 10.2. The van der Waals surface area contributed by atoms with Gasteiger partial charge in [0, 0.05) is 24.1 Å². The number of carbonyl (C=O) groups is 1. The molecule has 2 rings (SSSR count). The van der Waals surface area contributed by atoms with Crippen molar-refractivity contribution in [2.45, 2.75) is 19.9 Å². The van der Waals surface area contributed by atoms with Gasteiger partial charge in [-0.25, -0.2) is 0 Å². The highest BCUT2D eigenvalue weighted by atomic mass is 16.3. The second-order valence-electron chi connectivity index (χ2n) is 4.59. The second-order valence-corrected chi connectivity index (χ2v) is 4.59. The molecule has 4 nitrogen and oxygen atoms in total. The summed E-state index contributed by atoms with van der Waals surface area (Å²) >= 11 is 0. The molecule has 0 atom stereocenters. The van der Waals surface area contributed by atoms with E-state index in [0.717, 1.165) is 16.7 Å². The summed E-state index contributed by atoms with van der Waals surface area (Å²) in [7, 11) is 0. The molecule has 108 valence electrons. The Bertz CT molecular complexity index is 677. The van der Waals surface area contributed by atoms with Crippen LogP contribution >= 0.6 is 0 Å². The highest BCUT2D eigenvalue weighted by Crippen LogP contribution is 2.09. The van der Waals surface area contributed by atoms with E-state index in [1.165, 1.54) is 6.26 Å². The topological polar surface area (TPSA) is 62.5 Å². The van der Waals surface area contributed by atoms with Gasteiger partial charge in [0.1, 0.15) is 0 Å². The first-order valence-corrected chi connectivity index (χ1v) is 6.71. The van der Waals surface area contributed by atoms with Crippen molar-refractivity contribution >= 4 is 5.91 Å². The maximum Gasteiger partial charge on any atom is 0.287 e. The number of hydrogen-bond acceptors (Lipinski definition) is 3. The third-order valence-electron chi connectivity index (χ3n) is 2.92. The van der Waals surface area contributed by atoms with Crippen LogP contribution in [0.3, 0.4) is 0 Å². The Hall–Kier alpha value is -2.51. The minimum absolute atomic E-state index is 0.0608. The minimum atomic E-state index is -0.228. The van der Waals surface area contributed by atoms with Crippen molar-refractivity contribution in [1.29, 1.82) is 0 Å². The zero-order valence-corrected chi connectivity index (χ0v) is 11.8. The van der Waals surface area contributed by atoms with Crippen LogP contribution in [0, 0.1) is 18.8 Å². The lowest BCUT2D eigenvalue weighted by molar-refractivity contribution is 0.0922. The van der Waals surface area contributed by atoms with E-state index < -0.39 is 0 Å². The maximum absolute atomic E-state index is 11.9. The summed E-state index contributed by atoms with van der Waals surface area (Å²) in [6.07, 6.45) is 1.96. The Morgan fingerprint density at radius 1 is 1.38 bits per heavy atom. The van der Waals surface area contributed by atoms with E-state index in [9.17, 15) is 4.79 Å². The predicted octanol–water partition coefficient (Wildman–Crippen LogP) is 2.25. The molecule has 0 saturated carbocycles. The number of aryl methyl sites for hydroxylation is 1. The van der Waals surface area contributed by atoms with Crippen molar-refractivity contribution in [3.05, 3.63) is 59.0 Å². The standard InChI is InChI=1S/C17H17NO3/c1-13-8-10-21-16(13)17(20)18-12-15-7-4-6-14(11-15)5-2-3-9-19/h4,6-8,10-11,19H,3,9,12H2,1H3,(H,18,20). The number of amides is 1. The molecule has 0 fully saturated rings. The molecule has 0 saturated heterocycles. The van der Waals surface area contributed by atoms with Crippen LogP contribution in [0.1, 0.15) is 33.7 Å². The lowest BCUT2D eigenvalue weighted by Gasteiger charge is -2.04. The van der Waals surface area contributed by atoms with Crippen molar-refractivity contribution in [2.75, 3.05) is 6.61 Å². The van der Waals surface area contributed by atoms with Gasteiger partial charge >= 0.3 is 0 Å². The number of nitrogens with one attached hydrogen (secondary N) is 1. The van der Waals surface area contributed by atoms with E-state index in [0.29, 0.717) is 18.7 Å². The van der Waals surface area contributed by atoms with Gasteiger partial charge in [-0.1, -0.05) is 24.0 Å². The zero-order chi connectivity index (χ0) is 15.1. The van der Waals surface area contributed by atoms with Gasteiger partial charge in [-0.15, -0.1) is 0 Å². The van der Waals surface area contributed by atoms with Crippen LogP contribution in [0.2, 0.25) is 0 Å². The van der Waals surface area contributed by atoms with Crippen LogP contribution in [0.15, 0.2) is 41.0 Å². The number of aliphatic hydroxyl groups is 1. The Labute approximate surface area is 123 Å². The summed E-state index contributed by atoms with van der Waals surface area (Å²) in [6, 6.07) is 9.38. The third kappa shape index (κ3) is 4.23. The summed E-state index contributed by atoms with van der Waals surface area (Å²) in [5, 5.41) is 11.5. The molecule has 0 radical (unpaired) electrons. The van der Waals surface area contributed by atoms with Gasteiger partial charge in [0.05, 0.1) is 12.9 Å². The summed E-state index contributed by atoms with van der Waals surface area (Å²) < 4.78 is 5.15. The number of aliphatic hydroxyl groups excluding tert-OH is 1. The largest absolute Gasteiger partial charge is 0.459 e. The van der Waals surface area contributed by atoms with Crippen LogP contribution < -0.4 is 5.32 Å². The molecule has 2 N–H and O–H groups in total. The van der Waals surface area contributed by atoms with Gasteiger partial charge in [0.2, 0.25) is 0 Å². The highest BCUT2D eigenvalue weighted by molar-refractivity contribution is 5.92. The molecule has 1 amide bonds. The SMILES string of the molecule is Cc1ccoc1C(=O)NCc1cccc(C#CCCO)c1. The maximum atomic E-state index is 11.9. The van der Waals surface area contributed by atoms with E-state index in [-0.39, 0.29) is 12.5 Å². The summed E-state index contributed by atoms with van der Waals surface area (Å²) in [4.78, 5) is 11.9. The monoisotopic (exact) mass is 283 g/mol. The van der Waals surface area contributed by atoms with E-state index in [1.54, 1.807) is 6.07 Å². The van der Waals surface area contributed by atoms with Crippen molar-refractivity contribution in [3.63, 3.8) is 0 Å². The molecule has 2 aromatic rings. The lowest BCUT2D eigenvalue weighted by atomic mass is 10.1. The quantitative estimate of drug-likeness (QED) is 0.846. The normalized spacial score (nSPS) is 9.81. The number of benzene rings is 1. The molecule has 0 bridgehead atoms. The van der Waals surface area contributed by atoms with Crippen LogP contribution in [-0.2, 0) is 6.54 Å². The van der Waals surface area contributed by atoms with Gasteiger partial charge in [-0.05, 0) is 30.7 Å². The average Bonchev–Trinajstić information content (AvgIpc) is 2.92. The lowest BCUT2D eigenvalue weighted by Crippen LogP contribution is -2.22. The Morgan fingerprint density at radius 3 is 2.95 bits per heavy atom. The molecule has 0 aliphatic heterocycles. The van der Waals surface area contributed by atoms with E-state index in [2.05, 4.69) is 17.2 Å². The van der Waals surface area contributed by atoms with Crippen LogP contribution in [-0.4, -0.2) is 17.6 Å². The van der Waals surface area contributed by atoms with Crippen LogP contribution in [0.5, 0.6) is 0 Å². The first-order valence-electron chi connectivity index (χ1n) is 6.71. The van der Waals surface area contributed by atoms with Crippen molar-refractivity contribution in [3.8, 4) is 11.8 Å². The molecule has 21 heavy (non-hydrogen) atoms. The molecule has 0 spiro atoms. The fraction of sp³-hybridized carbons (Fsp3) is 0.235. The molecule has 1 heterocycles.